The van der Waals surface area contributed by atoms with Crippen molar-refractivity contribution in [3.8, 4) is 0 Å². The van der Waals surface area contributed by atoms with Crippen LogP contribution in [0.4, 0.5) is 13.2 Å². The van der Waals surface area contributed by atoms with Crippen molar-refractivity contribution in [1.29, 1.82) is 0 Å². The van der Waals surface area contributed by atoms with Gasteiger partial charge in [0.05, 0.1) is 5.41 Å². The Morgan fingerprint density at radius 3 is 1.65 bits per heavy atom. The average Bonchev–Trinajstić information content (AvgIpc) is 2.47. The summed E-state index contributed by atoms with van der Waals surface area (Å²) in [4.78, 5) is 34.4. The second-order valence-electron chi connectivity index (χ2n) is 5.80. The number of carbonyl (C=O) groups excluding carboxylic acids is 1. The molecule has 0 aromatic carbocycles. The first-order chi connectivity index (χ1) is 8.75. The first kappa shape index (κ1) is 16.5. The van der Waals surface area contributed by atoms with E-state index in [1.807, 2.05) is 0 Å². The van der Waals surface area contributed by atoms with Gasteiger partial charge in [-0.05, 0) is 19.8 Å². The zero-order chi connectivity index (χ0) is 16.1. The van der Waals surface area contributed by atoms with Crippen molar-refractivity contribution in [1.82, 2.24) is 0 Å². The number of hydrogen-bond acceptors (Lipinski definition) is 3. The van der Waals surface area contributed by atoms with Crippen molar-refractivity contribution >= 4 is 17.7 Å². The number of aliphatic carboxylic acids is 2. The Balaban J connectivity index is 3.57. The Bertz CT molecular complexity index is 482. The van der Waals surface area contributed by atoms with Gasteiger partial charge < -0.3 is 10.2 Å². The molecule has 8 heteroatoms. The largest absolute Gasteiger partial charge is 0.481 e. The van der Waals surface area contributed by atoms with E-state index < -0.39 is 46.6 Å². The number of ketones is 1. The van der Waals surface area contributed by atoms with Crippen LogP contribution in [0, 0.1) is 16.2 Å². The van der Waals surface area contributed by atoms with Crippen LogP contribution in [-0.2, 0) is 14.4 Å². The molecule has 0 aromatic rings. The molecule has 0 spiro atoms. The molecule has 5 nitrogen and oxygen atoms in total. The van der Waals surface area contributed by atoms with Crippen molar-refractivity contribution < 1.29 is 37.8 Å². The molecule has 1 saturated carbocycles. The maximum atomic E-state index is 12.7. The fourth-order valence-corrected chi connectivity index (χ4v) is 3.02. The lowest BCUT2D eigenvalue weighted by Gasteiger charge is -2.43. The molecule has 114 valence electrons. The van der Waals surface area contributed by atoms with E-state index in [4.69, 9.17) is 0 Å². The smallest absolute Gasteiger partial charge is 0.451 e. The van der Waals surface area contributed by atoms with Crippen molar-refractivity contribution in [3.63, 3.8) is 0 Å². The molecule has 1 fully saturated rings. The van der Waals surface area contributed by atoms with Crippen molar-refractivity contribution in [2.24, 2.45) is 16.2 Å². The summed E-state index contributed by atoms with van der Waals surface area (Å²) >= 11 is 0. The molecule has 20 heavy (non-hydrogen) atoms. The summed E-state index contributed by atoms with van der Waals surface area (Å²) in [5.74, 6) is -5.75. The zero-order valence-electron chi connectivity index (χ0n) is 11.2. The fourth-order valence-electron chi connectivity index (χ4n) is 3.02. The molecule has 2 N–H and O–H groups in total. The Hall–Kier alpha value is -1.60. The summed E-state index contributed by atoms with van der Waals surface area (Å²) in [5, 5.41) is 18.5. The lowest BCUT2D eigenvalue weighted by atomic mass is 9.57. The van der Waals surface area contributed by atoms with Crippen molar-refractivity contribution in [2.75, 3.05) is 0 Å². The average molecular weight is 296 g/mol. The summed E-state index contributed by atoms with van der Waals surface area (Å²) < 4.78 is 38.2. The van der Waals surface area contributed by atoms with Crippen molar-refractivity contribution in [2.45, 2.75) is 39.8 Å². The van der Waals surface area contributed by atoms with Crippen LogP contribution >= 0.6 is 0 Å². The second-order valence-corrected chi connectivity index (χ2v) is 5.80. The van der Waals surface area contributed by atoms with Gasteiger partial charge >= 0.3 is 18.1 Å². The van der Waals surface area contributed by atoms with Gasteiger partial charge in [-0.1, -0.05) is 13.8 Å². The topological polar surface area (TPSA) is 91.7 Å². The molecule has 1 aliphatic rings. The summed E-state index contributed by atoms with van der Waals surface area (Å²) in [6.07, 6.45) is -6.31. The molecule has 1 aliphatic carbocycles. The van der Waals surface area contributed by atoms with Crippen LogP contribution in [-0.4, -0.2) is 34.1 Å². The van der Waals surface area contributed by atoms with E-state index in [0.717, 1.165) is 13.8 Å². The molecule has 0 saturated heterocycles. The van der Waals surface area contributed by atoms with Gasteiger partial charge in [0, 0.05) is 5.41 Å². The zero-order valence-corrected chi connectivity index (χ0v) is 11.2. The van der Waals surface area contributed by atoms with Crippen LogP contribution in [0.2, 0.25) is 0 Å². The van der Waals surface area contributed by atoms with Gasteiger partial charge in [-0.25, -0.2) is 0 Å². The van der Waals surface area contributed by atoms with Gasteiger partial charge in [0.1, 0.15) is 5.41 Å². The summed E-state index contributed by atoms with van der Waals surface area (Å²) in [5.41, 5.74) is -6.39. The monoisotopic (exact) mass is 296 g/mol. The van der Waals surface area contributed by atoms with E-state index >= 15 is 0 Å². The molecular formula is C12H15F3O5. The number of carboxylic acid groups (broad SMARTS) is 2. The fraction of sp³-hybridized carbons (Fsp3) is 0.750. The van der Waals surface area contributed by atoms with E-state index in [9.17, 15) is 37.8 Å². The predicted octanol–water partition coefficient (Wildman–Crippen LogP) is 2.10. The van der Waals surface area contributed by atoms with Crippen molar-refractivity contribution in [3.05, 3.63) is 0 Å². The second kappa shape index (κ2) is 4.20. The van der Waals surface area contributed by atoms with Crippen LogP contribution in [0.15, 0.2) is 0 Å². The molecule has 0 heterocycles. The van der Waals surface area contributed by atoms with Crippen LogP contribution in [0.3, 0.4) is 0 Å². The number of alkyl halides is 3. The van der Waals surface area contributed by atoms with Crippen LogP contribution in [0.5, 0.6) is 0 Å². The quantitative estimate of drug-likeness (QED) is 0.778. The van der Waals surface area contributed by atoms with E-state index in [1.54, 1.807) is 0 Å². The molecule has 0 unspecified atom stereocenters. The summed E-state index contributed by atoms with van der Waals surface area (Å²) in [6.45, 7) is 3.35. The minimum absolute atomic E-state index is 0.316. The number of carboxylic acids is 2. The maximum absolute atomic E-state index is 12.7. The standard InChI is InChI=1S/C12H15F3O5/c1-9(2)10(3,7(17)18)4-5-11(9,8(19)20)6(16)12(13,14)15/h4-5H2,1-3H3,(H,17,18)(H,19,20)/t10-,11-/m0/s1. The summed E-state index contributed by atoms with van der Waals surface area (Å²) in [6, 6.07) is 0. The lowest BCUT2D eigenvalue weighted by Crippen LogP contribution is -2.57. The highest BCUT2D eigenvalue weighted by atomic mass is 19.4. The molecule has 0 aliphatic heterocycles. The predicted molar refractivity (Wildman–Crippen MR) is 59.9 cm³/mol. The summed E-state index contributed by atoms with van der Waals surface area (Å²) in [7, 11) is 0. The molecule has 0 radical (unpaired) electrons. The number of rotatable bonds is 3. The first-order valence-corrected chi connectivity index (χ1v) is 5.83. The Labute approximate surface area is 112 Å². The Morgan fingerprint density at radius 2 is 1.40 bits per heavy atom. The SMILES string of the molecule is CC1(C)[C@](C(=O)O)(C(=O)C(F)(F)F)CC[C@@]1(C)C(=O)O. The number of carbonyl (C=O) groups is 3. The van der Waals surface area contributed by atoms with Gasteiger partial charge in [0.25, 0.3) is 5.78 Å². The highest BCUT2D eigenvalue weighted by molar-refractivity contribution is 6.08. The maximum Gasteiger partial charge on any atom is 0.451 e. The highest BCUT2D eigenvalue weighted by Crippen LogP contribution is 2.64. The number of halogens is 3. The first-order valence-electron chi connectivity index (χ1n) is 5.83. The van der Waals surface area contributed by atoms with Gasteiger partial charge in [0.2, 0.25) is 0 Å². The molecule has 1 rings (SSSR count). The van der Waals surface area contributed by atoms with Crippen LogP contribution < -0.4 is 0 Å². The van der Waals surface area contributed by atoms with Gasteiger partial charge in [-0.3, -0.25) is 14.4 Å². The van der Waals surface area contributed by atoms with E-state index in [1.165, 1.54) is 6.92 Å². The highest BCUT2D eigenvalue weighted by Gasteiger charge is 2.74. The third-order valence-electron chi connectivity index (χ3n) is 4.93. The van der Waals surface area contributed by atoms with Gasteiger partial charge in [-0.15, -0.1) is 0 Å². The molecule has 0 aromatic heterocycles. The lowest BCUT2D eigenvalue weighted by molar-refractivity contribution is -0.198. The van der Waals surface area contributed by atoms with E-state index in [0.29, 0.717) is 0 Å². The van der Waals surface area contributed by atoms with Gasteiger partial charge in [-0.2, -0.15) is 13.2 Å². The third-order valence-corrected chi connectivity index (χ3v) is 4.93. The normalized spacial score (nSPS) is 32.9. The minimum atomic E-state index is -5.33. The molecular weight excluding hydrogens is 281 g/mol. The molecule has 2 atom stereocenters. The van der Waals surface area contributed by atoms with Gasteiger partial charge in [0.15, 0.2) is 0 Å². The van der Waals surface area contributed by atoms with Crippen LogP contribution in [0.25, 0.3) is 0 Å². The van der Waals surface area contributed by atoms with E-state index in [-0.39, 0.29) is 6.42 Å². The number of hydrogen-bond donors (Lipinski definition) is 2. The van der Waals surface area contributed by atoms with Crippen LogP contribution in [0.1, 0.15) is 33.6 Å². The molecule has 0 bridgehead atoms. The Kier molecular flexibility index (Phi) is 3.45. The third kappa shape index (κ3) is 1.73. The number of Topliss-reactive ketones (excluding diaryl/α,β-unsaturated/α-hetero) is 1. The minimum Gasteiger partial charge on any atom is -0.481 e. The molecule has 0 amide bonds. The Morgan fingerprint density at radius 1 is 0.950 bits per heavy atom. The van der Waals surface area contributed by atoms with E-state index in [2.05, 4.69) is 0 Å².